The Bertz CT molecular complexity index is 925. The van der Waals surface area contributed by atoms with Crippen molar-refractivity contribution in [2.75, 3.05) is 20.8 Å². The summed E-state index contributed by atoms with van der Waals surface area (Å²) < 4.78 is 53.1. The molecule has 0 heterocycles. The molecule has 2 rings (SSSR count). The van der Waals surface area contributed by atoms with E-state index < -0.39 is 30.2 Å². The number of benzene rings is 2. The fourth-order valence-corrected chi connectivity index (χ4v) is 2.41. The lowest BCUT2D eigenvalue weighted by atomic mass is 10.1. The number of amides is 1. The predicted molar refractivity (Wildman–Crippen MR) is 103 cm³/mol. The lowest BCUT2D eigenvalue weighted by Gasteiger charge is -2.10. The first kappa shape index (κ1) is 22.8. The van der Waals surface area contributed by atoms with Crippen LogP contribution in [-0.2, 0) is 27.0 Å². The molecule has 9 heteroatoms. The van der Waals surface area contributed by atoms with E-state index >= 15 is 0 Å². The Morgan fingerprint density at radius 3 is 2.43 bits per heavy atom. The molecule has 0 fully saturated rings. The maximum absolute atomic E-state index is 12.7. The van der Waals surface area contributed by atoms with Crippen LogP contribution in [0.1, 0.15) is 16.7 Å². The molecular formula is C21H20F3NO5. The van der Waals surface area contributed by atoms with Crippen molar-refractivity contribution < 1.29 is 37.0 Å². The van der Waals surface area contributed by atoms with Crippen LogP contribution in [-0.4, -0.2) is 32.7 Å². The second-order valence-electron chi connectivity index (χ2n) is 6.03. The summed E-state index contributed by atoms with van der Waals surface area (Å²) in [5, 5.41) is 2.58. The SMILES string of the molecule is COc1ccc(CNC(=O)COC(=O)/C=C/c2cccc(C(F)(F)F)c2)cc1OC. The maximum atomic E-state index is 12.7. The van der Waals surface area contributed by atoms with Crippen LogP contribution in [0.25, 0.3) is 6.08 Å². The summed E-state index contributed by atoms with van der Waals surface area (Å²) in [5.41, 5.74) is 0.101. The van der Waals surface area contributed by atoms with E-state index in [1.54, 1.807) is 18.2 Å². The Balaban J connectivity index is 1.82. The highest BCUT2D eigenvalue weighted by atomic mass is 19.4. The first-order valence-electron chi connectivity index (χ1n) is 8.72. The molecule has 2 aromatic carbocycles. The summed E-state index contributed by atoms with van der Waals surface area (Å²) in [6, 6.07) is 9.61. The van der Waals surface area contributed by atoms with Gasteiger partial charge in [-0.3, -0.25) is 4.79 Å². The van der Waals surface area contributed by atoms with Gasteiger partial charge in [0.2, 0.25) is 0 Å². The number of ether oxygens (including phenoxy) is 3. The van der Waals surface area contributed by atoms with Gasteiger partial charge in [-0.1, -0.05) is 18.2 Å². The van der Waals surface area contributed by atoms with Crippen LogP contribution in [0.3, 0.4) is 0 Å². The second kappa shape index (κ2) is 10.3. The average Bonchev–Trinajstić information content (AvgIpc) is 2.74. The third-order valence-corrected chi connectivity index (χ3v) is 3.91. The van der Waals surface area contributed by atoms with Crippen molar-refractivity contribution in [3.63, 3.8) is 0 Å². The minimum absolute atomic E-state index is 0.177. The molecule has 2 aromatic rings. The first-order valence-corrected chi connectivity index (χ1v) is 8.72. The molecule has 160 valence electrons. The molecule has 0 spiro atoms. The zero-order valence-electron chi connectivity index (χ0n) is 16.3. The Morgan fingerprint density at radius 1 is 1.03 bits per heavy atom. The number of hydrogen-bond acceptors (Lipinski definition) is 5. The highest BCUT2D eigenvalue weighted by Crippen LogP contribution is 2.30. The summed E-state index contributed by atoms with van der Waals surface area (Å²) in [6.45, 7) is -0.351. The quantitative estimate of drug-likeness (QED) is 0.519. The third-order valence-electron chi connectivity index (χ3n) is 3.91. The van der Waals surface area contributed by atoms with E-state index in [0.29, 0.717) is 11.5 Å². The van der Waals surface area contributed by atoms with Gasteiger partial charge in [0.25, 0.3) is 5.91 Å². The number of nitrogens with one attached hydrogen (secondary N) is 1. The third kappa shape index (κ3) is 6.84. The summed E-state index contributed by atoms with van der Waals surface area (Å²) in [5.74, 6) is -0.330. The number of methoxy groups -OCH3 is 2. The van der Waals surface area contributed by atoms with Gasteiger partial charge < -0.3 is 19.5 Å². The molecule has 0 aliphatic heterocycles. The van der Waals surface area contributed by atoms with Crippen molar-refractivity contribution in [2.45, 2.75) is 12.7 Å². The van der Waals surface area contributed by atoms with E-state index in [1.807, 2.05) is 0 Å². The van der Waals surface area contributed by atoms with Gasteiger partial charge in [-0.25, -0.2) is 4.79 Å². The monoisotopic (exact) mass is 423 g/mol. The van der Waals surface area contributed by atoms with Crippen molar-refractivity contribution in [3.05, 3.63) is 65.2 Å². The molecule has 0 aliphatic carbocycles. The molecule has 0 saturated heterocycles. The molecule has 30 heavy (non-hydrogen) atoms. The first-order chi connectivity index (χ1) is 14.2. The molecule has 0 atom stereocenters. The van der Waals surface area contributed by atoms with Gasteiger partial charge in [0.1, 0.15) is 0 Å². The van der Waals surface area contributed by atoms with Crippen LogP contribution in [0.5, 0.6) is 11.5 Å². The summed E-state index contributed by atoms with van der Waals surface area (Å²) in [6.07, 6.45) is -2.34. The Labute approximate surface area is 171 Å². The van der Waals surface area contributed by atoms with Crippen molar-refractivity contribution in [3.8, 4) is 11.5 Å². The number of carbonyl (C=O) groups excluding carboxylic acids is 2. The zero-order valence-corrected chi connectivity index (χ0v) is 16.3. The van der Waals surface area contributed by atoms with Crippen LogP contribution in [0.2, 0.25) is 0 Å². The van der Waals surface area contributed by atoms with Crippen LogP contribution in [0.15, 0.2) is 48.5 Å². The predicted octanol–water partition coefficient (Wildman–Crippen LogP) is 3.60. The number of hydrogen-bond donors (Lipinski definition) is 1. The molecule has 0 bridgehead atoms. The normalized spacial score (nSPS) is 11.2. The smallest absolute Gasteiger partial charge is 0.416 e. The Kier molecular flexibility index (Phi) is 7.85. The van der Waals surface area contributed by atoms with Gasteiger partial charge in [0.15, 0.2) is 18.1 Å². The zero-order chi connectivity index (χ0) is 22.1. The molecule has 0 unspecified atom stereocenters. The van der Waals surface area contributed by atoms with Crippen LogP contribution in [0.4, 0.5) is 13.2 Å². The van der Waals surface area contributed by atoms with Crippen molar-refractivity contribution in [2.24, 2.45) is 0 Å². The molecular weight excluding hydrogens is 403 g/mol. The van der Waals surface area contributed by atoms with Crippen molar-refractivity contribution in [1.29, 1.82) is 0 Å². The van der Waals surface area contributed by atoms with Gasteiger partial charge in [0, 0.05) is 12.6 Å². The van der Waals surface area contributed by atoms with E-state index in [2.05, 4.69) is 5.32 Å². The minimum atomic E-state index is -4.48. The van der Waals surface area contributed by atoms with Gasteiger partial charge >= 0.3 is 12.1 Å². The van der Waals surface area contributed by atoms with E-state index in [1.165, 1.54) is 32.4 Å². The highest BCUT2D eigenvalue weighted by molar-refractivity contribution is 5.89. The summed E-state index contributed by atoms with van der Waals surface area (Å²) >= 11 is 0. The standard InChI is InChI=1S/C21H20F3NO5/c1-28-17-8-6-15(11-18(17)29-2)12-25-19(26)13-30-20(27)9-7-14-4-3-5-16(10-14)21(22,23)24/h3-11H,12-13H2,1-2H3,(H,25,26)/b9-7+. The Hall–Kier alpha value is -3.49. The topological polar surface area (TPSA) is 73.9 Å². The Morgan fingerprint density at radius 2 is 1.77 bits per heavy atom. The fraction of sp³-hybridized carbons (Fsp3) is 0.238. The van der Waals surface area contributed by atoms with Crippen LogP contribution >= 0.6 is 0 Å². The largest absolute Gasteiger partial charge is 0.493 e. The van der Waals surface area contributed by atoms with E-state index in [4.69, 9.17) is 14.2 Å². The lowest BCUT2D eigenvalue weighted by molar-refractivity contribution is -0.143. The van der Waals surface area contributed by atoms with Crippen LogP contribution < -0.4 is 14.8 Å². The van der Waals surface area contributed by atoms with Crippen molar-refractivity contribution in [1.82, 2.24) is 5.32 Å². The van der Waals surface area contributed by atoms with Gasteiger partial charge in [-0.2, -0.15) is 13.2 Å². The summed E-state index contributed by atoms with van der Waals surface area (Å²) in [7, 11) is 3.00. The molecule has 0 radical (unpaired) electrons. The van der Waals surface area contributed by atoms with E-state index in [-0.39, 0.29) is 12.1 Å². The van der Waals surface area contributed by atoms with Crippen molar-refractivity contribution >= 4 is 18.0 Å². The number of rotatable bonds is 8. The fourth-order valence-electron chi connectivity index (χ4n) is 2.41. The van der Waals surface area contributed by atoms with Gasteiger partial charge in [0.05, 0.1) is 19.8 Å². The maximum Gasteiger partial charge on any atom is 0.416 e. The molecule has 1 N–H and O–H groups in total. The molecule has 1 amide bonds. The van der Waals surface area contributed by atoms with Gasteiger partial charge in [-0.05, 0) is 41.5 Å². The molecule has 0 saturated carbocycles. The number of esters is 1. The minimum Gasteiger partial charge on any atom is -0.493 e. The number of alkyl halides is 3. The van der Waals surface area contributed by atoms with Crippen LogP contribution in [0, 0.1) is 0 Å². The molecule has 0 aliphatic rings. The highest BCUT2D eigenvalue weighted by Gasteiger charge is 2.30. The molecule has 0 aromatic heterocycles. The van der Waals surface area contributed by atoms with Gasteiger partial charge in [-0.15, -0.1) is 0 Å². The van der Waals surface area contributed by atoms with E-state index in [9.17, 15) is 22.8 Å². The average molecular weight is 423 g/mol. The van der Waals surface area contributed by atoms with E-state index in [0.717, 1.165) is 23.8 Å². The second-order valence-corrected chi connectivity index (χ2v) is 6.03. The molecule has 6 nitrogen and oxygen atoms in total. The summed E-state index contributed by atoms with van der Waals surface area (Å²) in [4.78, 5) is 23.5. The lowest BCUT2D eigenvalue weighted by Crippen LogP contribution is -2.28. The number of halogens is 3. The number of carbonyl (C=O) groups is 2.